The van der Waals surface area contributed by atoms with E-state index < -0.39 is 0 Å². The first-order valence-electron chi connectivity index (χ1n) is 6.06. The van der Waals surface area contributed by atoms with Crippen molar-refractivity contribution in [1.82, 2.24) is 29.8 Å². The number of benzene rings is 1. The van der Waals surface area contributed by atoms with Crippen LogP contribution in [0.3, 0.4) is 0 Å². The molecule has 0 saturated carbocycles. The van der Waals surface area contributed by atoms with E-state index in [1.54, 1.807) is 23.1 Å². The monoisotopic (exact) mass is 314 g/mol. The predicted octanol–water partition coefficient (Wildman–Crippen LogP) is 2.96. The quantitative estimate of drug-likeness (QED) is 0.569. The minimum absolute atomic E-state index is 0.674. The molecule has 0 aliphatic carbocycles. The molecule has 0 amide bonds. The zero-order valence-electron chi connectivity index (χ0n) is 10.5. The van der Waals surface area contributed by atoms with E-state index in [0.717, 1.165) is 16.3 Å². The van der Waals surface area contributed by atoms with Gasteiger partial charge in [-0.05, 0) is 24.3 Å². The van der Waals surface area contributed by atoms with Gasteiger partial charge in [-0.2, -0.15) is 9.61 Å². The third kappa shape index (κ3) is 2.16. The summed E-state index contributed by atoms with van der Waals surface area (Å²) < 4.78 is 1.71. The molecule has 0 bridgehead atoms. The molecule has 3 aromatic heterocycles. The lowest BCUT2D eigenvalue weighted by Crippen LogP contribution is -1.91. The Kier molecular flexibility index (Phi) is 2.87. The molecule has 0 unspecified atom stereocenters. The summed E-state index contributed by atoms with van der Waals surface area (Å²) in [6.07, 6.45) is 4.94. The van der Waals surface area contributed by atoms with Gasteiger partial charge in [0.1, 0.15) is 5.69 Å². The maximum atomic E-state index is 5.90. The lowest BCUT2D eigenvalue weighted by atomic mass is 10.2. The molecule has 4 rings (SSSR count). The third-order valence-electron chi connectivity index (χ3n) is 2.88. The number of hydrogen-bond acceptors (Lipinski definition) is 6. The summed E-state index contributed by atoms with van der Waals surface area (Å²) in [5.74, 6) is 0.674. The van der Waals surface area contributed by atoms with E-state index in [1.165, 1.54) is 11.3 Å². The van der Waals surface area contributed by atoms with Crippen LogP contribution in [0.15, 0.2) is 42.9 Å². The molecule has 0 fully saturated rings. The Morgan fingerprint density at radius 3 is 2.67 bits per heavy atom. The minimum Gasteiger partial charge on any atom is -0.261 e. The van der Waals surface area contributed by atoms with E-state index in [4.69, 9.17) is 11.6 Å². The number of fused-ring (bicyclic) bond motifs is 1. The van der Waals surface area contributed by atoms with Crippen LogP contribution in [-0.2, 0) is 0 Å². The highest BCUT2D eigenvalue weighted by Gasteiger charge is 2.14. The molecule has 4 aromatic rings. The maximum absolute atomic E-state index is 5.90. The number of aromatic nitrogens is 6. The Balaban J connectivity index is 1.85. The Morgan fingerprint density at radius 1 is 1.05 bits per heavy atom. The van der Waals surface area contributed by atoms with Crippen molar-refractivity contribution in [3.63, 3.8) is 0 Å². The van der Waals surface area contributed by atoms with Crippen LogP contribution in [0.5, 0.6) is 0 Å². The zero-order chi connectivity index (χ0) is 14.2. The summed E-state index contributed by atoms with van der Waals surface area (Å²) in [5, 5.41) is 14.3. The van der Waals surface area contributed by atoms with Crippen molar-refractivity contribution in [2.75, 3.05) is 0 Å². The van der Waals surface area contributed by atoms with Crippen LogP contribution in [0.1, 0.15) is 0 Å². The van der Waals surface area contributed by atoms with Gasteiger partial charge in [0.05, 0.1) is 6.20 Å². The molecule has 3 heterocycles. The first-order valence-corrected chi connectivity index (χ1v) is 7.25. The SMILES string of the molecule is Clc1ccc(-c2nnc3sc(-c4cnccn4)nn23)cc1. The lowest BCUT2D eigenvalue weighted by molar-refractivity contribution is 0.965. The number of hydrogen-bond donors (Lipinski definition) is 0. The molecule has 0 radical (unpaired) electrons. The van der Waals surface area contributed by atoms with Gasteiger partial charge in [0.25, 0.3) is 0 Å². The average Bonchev–Trinajstić information content (AvgIpc) is 3.09. The first kappa shape index (κ1) is 12.4. The van der Waals surface area contributed by atoms with Gasteiger partial charge in [-0.1, -0.05) is 22.9 Å². The Hall–Kier alpha value is -2.38. The molecule has 0 spiro atoms. The van der Waals surface area contributed by atoms with Gasteiger partial charge < -0.3 is 0 Å². The molecule has 0 aliphatic rings. The molecule has 0 atom stereocenters. The number of halogens is 1. The summed E-state index contributed by atoms with van der Waals surface area (Å²) >= 11 is 7.32. The fourth-order valence-electron chi connectivity index (χ4n) is 1.91. The van der Waals surface area contributed by atoms with Crippen molar-refractivity contribution in [3.8, 4) is 22.1 Å². The molecule has 1 aromatic carbocycles. The third-order valence-corrected chi connectivity index (χ3v) is 4.05. The van der Waals surface area contributed by atoms with Crippen LogP contribution in [0.4, 0.5) is 0 Å². The van der Waals surface area contributed by atoms with E-state index in [2.05, 4.69) is 25.3 Å². The summed E-state index contributed by atoms with van der Waals surface area (Å²) in [4.78, 5) is 9.00. The second kappa shape index (κ2) is 4.87. The van der Waals surface area contributed by atoms with Gasteiger partial charge in [-0.15, -0.1) is 10.2 Å². The van der Waals surface area contributed by atoms with E-state index in [9.17, 15) is 0 Å². The molecule has 102 valence electrons. The topological polar surface area (TPSA) is 68.9 Å². The van der Waals surface area contributed by atoms with E-state index >= 15 is 0 Å². The fraction of sp³-hybridized carbons (Fsp3) is 0. The number of nitrogens with zero attached hydrogens (tertiary/aromatic N) is 6. The predicted molar refractivity (Wildman–Crippen MR) is 80.1 cm³/mol. The largest absolute Gasteiger partial charge is 0.261 e. The zero-order valence-corrected chi connectivity index (χ0v) is 12.1. The van der Waals surface area contributed by atoms with Gasteiger partial charge in [-0.3, -0.25) is 9.97 Å². The summed E-state index contributed by atoms with van der Waals surface area (Å²) in [6, 6.07) is 7.40. The Bertz CT molecular complexity index is 899. The number of rotatable bonds is 2. The van der Waals surface area contributed by atoms with Crippen molar-refractivity contribution in [2.24, 2.45) is 0 Å². The Morgan fingerprint density at radius 2 is 1.90 bits per heavy atom. The summed E-state index contributed by atoms with van der Waals surface area (Å²) in [7, 11) is 0. The summed E-state index contributed by atoms with van der Waals surface area (Å²) in [6.45, 7) is 0. The normalized spacial score (nSPS) is 11.1. The van der Waals surface area contributed by atoms with Crippen LogP contribution in [0.25, 0.3) is 27.1 Å². The lowest BCUT2D eigenvalue weighted by Gasteiger charge is -1.97. The molecule has 0 N–H and O–H groups in total. The van der Waals surface area contributed by atoms with Crippen molar-refractivity contribution >= 4 is 27.9 Å². The van der Waals surface area contributed by atoms with Gasteiger partial charge in [0.15, 0.2) is 10.8 Å². The van der Waals surface area contributed by atoms with E-state index in [-0.39, 0.29) is 0 Å². The van der Waals surface area contributed by atoms with Crippen molar-refractivity contribution in [1.29, 1.82) is 0 Å². The van der Waals surface area contributed by atoms with Gasteiger partial charge in [-0.25, -0.2) is 0 Å². The fourth-order valence-corrected chi connectivity index (χ4v) is 2.84. The van der Waals surface area contributed by atoms with E-state index in [0.29, 0.717) is 15.8 Å². The average molecular weight is 315 g/mol. The molecule has 8 heteroatoms. The van der Waals surface area contributed by atoms with Crippen LogP contribution >= 0.6 is 22.9 Å². The molecule has 0 aliphatic heterocycles. The molecule has 21 heavy (non-hydrogen) atoms. The second-order valence-corrected chi connectivity index (χ2v) is 5.62. The van der Waals surface area contributed by atoms with Gasteiger partial charge in [0.2, 0.25) is 4.96 Å². The minimum atomic E-state index is 0.674. The molecular weight excluding hydrogens is 308 g/mol. The highest BCUT2D eigenvalue weighted by atomic mass is 35.5. The van der Waals surface area contributed by atoms with Crippen LogP contribution in [0, 0.1) is 0 Å². The van der Waals surface area contributed by atoms with Gasteiger partial charge >= 0.3 is 0 Å². The maximum Gasteiger partial charge on any atom is 0.235 e. The molecule has 6 nitrogen and oxygen atoms in total. The Labute approximate surface area is 128 Å². The van der Waals surface area contributed by atoms with Crippen LogP contribution in [0.2, 0.25) is 5.02 Å². The van der Waals surface area contributed by atoms with E-state index in [1.807, 2.05) is 24.3 Å². The highest BCUT2D eigenvalue weighted by Crippen LogP contribution is 2.26. The van der Waals surface area contributed by atoms with Crippen LogP contribution in [-0.4, -0.2) is 29.8 Å². The first-order chi connectivity index (χ1) is 10.3. The van der Waals surface area contributed by atoms with Crippen molar-refractivity contribution in [3.05, 3.63) is 47.9 Å². The van der Waals surface area contributed by atoms with Crippen molar-refractivity contribution < 1.29 is 0 Å². The smallest absolute Gasteiger partial charge is 0.235 e. The van der Waals surface area contributed by atoms with Crippen LogP contribution < -0.4 is 0 Å². The van der Waals surface area contributed by atoms with Gasteiger partial charge in [0, 0.05) is 23.0 Å². The second-order valence-electron chi connectivity index (χ2n) is 4.22. The molecule has 0 saturated heterocycles. The standard InChI is InChI=1S/C13H7ClN6S/c14-9-3-1-8(2-4-9)11-17-18-13-20(11)19-12(21-13)10-7-15-5-6-16-10/h1-7H. The molecular formula is C13H7ClN6S. The van der Waals surface area contributed by atoms with Crippen molar-refractivity contribution in [2.45, 2.75) is 0 Å². The summed E-state index contributed by atoms with van der Waals surface area (Å²) in [5.41, 5.74) is 1.62. The highest BCUT2D eigenvalue weighted by molar-refractivity contribution is 7.19.